The maximum Gasteiger partial charge on any atom is 0.134 e. The Balaban J connectivity index is 2.33. The van der Waals surface area contributed by atoms with E-state index in [0.717, 1.165) is 32.7 Å². The molecule has 0 saturated heterocycles. The third kappa shape index (κ3) is 2.50. The molecule has 104 valence electrons. The molecule has 0 amide bonds. The summed E-state index contributed by atoms with van der Waals surface area (Å²) in [6.07, 6.45) is 1.61. The van der Waals surface area contributed by atoms with E-state index in [-0.39, 0.29) is 5.82 Å². The van der Waals surface area contributed by atoms with Crippen molar-refractivity contribution < 1.29 is 8.81 Å². The zero-order valence-electron chi connectivity index (χ0n) is 11.6. The molecule has 0 aliphatic carbocycles. The van der Waals surface area contributed by atoms with E-state index in [1.165, 1.54) is 12.1 Å². The van der Waals surface area contributed by atoms with Crippen molar-refractivity contribution in [3.63, 3.8) is 0 Å². The zero-order chi connectivity index (χ0) is 14.8. The number of benzene rings is 2. The molecule has 0 N–H and O–H groups in total. The van der Waals surface area contributed by atoms with Crippen molar-refractivity contribution >= 4 is 29.5 Å². The fourth-order valence-corrected chi connectivity index (χ4v) is 2.36. The van der Waals surface area contributed by atoms with Crippen molar-refractivity contribution in [2.75, 3.05) is 0 Å². The van der Waals surface area contributed by atoms with Crippen molar-refractivity contribution in [2.45, 2.75) is 6.92 Å². The number of rotatable bonds is 2. The van der Waals surface area contributed by atoms with Gasteiger partial charge in [-0.05, 0) is 54.8 Å². The van der Waals surface area contributed by atoms with E-state index < -0.39 is 0 Å². The molecule has 1 aromatic heterocycles. The first-order valence-electron chi connectivity index (χ1n) is 6.60. The Bertz CT molecular complexity index is 904. The third-order valence-electron chi connectivity index (χ3n) is 3.44. The van der Waals surface area contributed by atoms with Crippen LogP contribution < -0.4 is 10.4 Å². The van der Waals surface area contributed by atoms with Crippen LogP contribution in [0.3, 0.4) is 0 Å². The molecule has 0 aliphatic rings. The second kappa shape index (κ2) is 5.37. The fourth-order valence-electron chi connectivity index (χ4n) is 2.36. The van der Waals surface area contributed by atoms with Crippen molar-refractivity contribution in [2.24, 2.45) is 4.99 Å². The van der Waals surface area contributed by atoms with E-state index in [1.54, 1.807) is 12.3 Å². The van der Waals surface area contributed by atoms with Gasteiger partial charge in [-0.15, -0.1) is 0 Å². The number of hydrogen-bond donors (Lipinski definition) is 0. The second-order valence-corrected chi connectivity index (χ2v) is 4.82. The van der Waals surface area contributed by atoms with Crippen molar-refractivity contribution in [1.82, 2.24) is 0 Å². The highest BCUT2D eigenvalue weighted by atomic mass is 19.1. The smallest absolute Gasteiger partial charge is 0.134 e. The summed E-state index contributed by atoms with van der Waals surface area (Å²) in [4.78, 5) is 3.77. The van der Waals surface area contributed by atoms with Gasteiger partial charge in [-0.1, -0.05) is 18.2 Å². The van der Waals surface area contributed by atoms with Gasteiger partial charge in [0, 0.05) is 16.8 Å². The molecule has 21 heavy (non-hydrogen) atoms. The van der Waals surface area contributed by atoms with Gasteiger partial charge in [0.15, 0.2) is 0 Å². The van der Waals surface area contributed by atoms with Crippen LogP contribution >= 0.6 is 0 Å². The summed E-state index contributed by atoms with van der Waals surface area (Å²) in [6.45, 7) is 5.36. The first-order valence-corrected chi connectivity index (χ1v) is 6.60. The van der Waals surface area contributed by atoms with Crippen LogP contribution in [-0.4, -0.2) is 6.72 Å². The minimum absolute atomic E-state index is 0.290. The summed E-state index contributed by atoms with van der Waals surface area (Å²) in [5.41, 5.74) is 1.68. The lowest BCUT2D eigenvalue weighted by Crippen LogP contribution is -2.26. The van der Waals surface area contributed by atoms with Gasteiger partial charge in [-0.25, -0.2) is 4.39 Å². The van der Waals surface area contributed by atoms with E-state index in [4.69, 9.17) is 4.42 Å². The van der Waals surface area contributed by atoms with Crippen molar-refractivity contribution in [1.29, 1.82) is 0 Å². The largest absolute Gasteiger partial charge is 0.456 e. The van der Waals surface area contributed by atoms with Gasteiger partial charge in [-0.2, -0.15) is 0 Å². The lowest BCUT2D eigenvalue weighted by molar-refractivity contribution is 0.598. The van der Waals surface area contributed by atoms with Gasteiger partial charge in [0.25, 0.3) is 0 Å². The van der Waals surface area contributed by atoms with E-state index in [9.17, 15) is 4.39 Å². The lowest BCUT2D eigenvalue weighted by atomic mass is 10.1. The highest BCUT2D eigenvalue weighted by Crippen LogP contribution is 2.22. The Morgan fingerprint density at radius 3 is 2.76 bits per heavy atom. The monoisotopic (exact) mass is 279 g/mol. The molecule has 3 rings (SSSR count). The van der Waals surface area contributed by atoms with E-state index in [2.05, 4.69) is 11.7 Å². The lowest BCUT2D eigenvalue weighted by Gasteiger charge is -1.98. The summed E-state index contributed by atoms with van der Waals surface area (Å²) < 4.78 is 19.4. The zero-order valence-corrected chi connectivity index (χ0v) is 11.6. The highest BCUT2D eigenvalue weighted by molar-refractivity contribution is 5.81. The molecule has 2 aromatic carbocycles. The average Bonchev–Trinajstić information content (AvgIpc) is 2.92. The molecule has 0 fully saturated rings. The number of fused-ring (bicyclic) bond motifs is 1. The summed E-state index contributed by atoms with van der Waals surface area (Å²) in [5.74, 6) is 0.433. The number of hydrogen-bond acceptors (Lipinski definition) is 2. The van der Waals surface area contributed by atoms with E-state index in [0.29, 0.717) is 0 Å². The van der Waals surface area contributed by atoms with Gasteiger partial charge in [-0.3, -0.25) is 4.99 Å². The topological polar surface area (TPSA) is 25.5 Å². The van der Waals surface area contributed by atoms with Gasteiger partial charge in [0.2, 0.25) is 0 Å². The van der Waals surface area contributed by atoms with Crippen LogP contribution in [-0.2, 0) is 0 Å². The van der Waals surface area contributed by atoms with Gasteiger partial charge >= 0.3 is 0 Å². The summed E-state index contributed by atoms with van der Waals surface area (Å²) in [6, 6.07) is 14.3. The molecule has 2 nitrogen and oxygen atoms in total. The molecule has 1 heterocycles. The highest BCUT2D eigenvalue weighted by Gasteiger charge is 2.06. The van der Waals surface area contributed by atoms with Crippen molar-refractivity contribution in [3.8, 4) is 0 Å². The van der Waals surface area contributed by atoms with Crippen LogP contribution in [0, 0.1) is 5.82 Å². The maximum absolute atomic E-state index is 13.6. The minimum atomic E-state index is -0.290. The standard InChI is InChI=1S/C18H14FNO/c1-12(16-10-15(19)8-7-14(16)11-20-2)18-9-13-5-3-4-6-17(13)21-18/h3-11H,2H2,1H3/b14-11-,16-12+. The molecular formula is C18H14FNO. The number of aliphatic imine (C=N–C) groups is 1. The Morgan fingerprint density at radius 2 is 2.00 bits per heavy atom. The molecule has 0 spiro atoms. The number of furan rings is 1. The molecule has 0 aliphatic heterocycles. The first kappa shape index (κ1) is 13.3. The molecule has 0 unspecified atom stereocenters. The van der Waals surface area contributed by atoms with Crippen LogP contribution in [0.1, 0.15) is 12.7 Å². The van der Waals surface area contributed by atoms with Gasteiger partial charge in [0.1, 0.15) is 17.2 Å². The molecule has 3 heteroatoms. The Morgan fingerprint density at radius 1 is 1.19 bits per heavy atom. The van der Waals surface area contributed by atoms with Crippen LogP contribution in [0.15, 0.2) is 57.9 Å². The Labute approximate surface area is 121 Å². The number of para-hydroxylation sites is 1. The number of halogens is 1. The van der Waals surface area contributed by atoms with Crippen molar-refractivity contribution in [3.05, 3.63) is 70.5 Å². The summed E-state index contributed by atoms with van der Waals surface area (Å²) in [7, 11) is 0. The molecule has 0 atom stereocenters. The normalized spacial score (nSPS) is 13.5. The van der Waals surface area contributed by atoms with Gasteiger partial charge < -0.3 is 4.42 Å². The third-order valence-corrected chi connectivity index (χ3v) is 3.44. The Hall–Kier alpha value is -2.68. The van der Waals surface area contributed by atoms with Crippen LogP contribution in [0.4, 0.5) is 4.39 Å². The van der Waals surface area contributed by atoms with Crippen LogP contribution in [0.2, 0.25) is 0 Å². The van der Waals surface area contributed by atoms with Crippen LogP contribution in [0.5, 0.6) is 0 Å². The average molecular weight is 279 g/mol. The summed E-state index contributed by atoms with van der Waals surface area (Å²) in [5, 5.41) is 2.58. The maximum atomic E-state index is 13.6. The predicted molar refractivity (Wildman–Crippen MR) is 84.1 cm³/mol. The molecular weight excluding hydrogens is 265 g/mol. The quantitative estimate of drug-likeness (QED) is 0.661. The first-order chi connectivity index (χ1) is 10.2. The summed E-state index contributed by atoms with van der Waals surface area (Å²) >= 11 is 0. The van der Waals surface area contributed by atoms with Gasteiger partial charge in [0.05, 0.1) is 0 Å². The van der Waals surface area contributed by atoms with Crippen LogP contribution in [0.25, 0.3) is 22.7 Å². The minimum Gasteiger partial charge on any atom is -0.456 e. The van der Waals surface area contributed by atoms with E-state index >= 15 is 0 Å². The second-order valence-electron chi connectivity index (χ2n) is 4.82. The fraction of sp³-hybridized carbons (Fsp3) is 0.0556. The number of nitrogens with zero attached hydrogens (tertiary/aromatic N) is 1. The molecule has 3 aromatic rings. The Kier molecular flexibility index (Phi) is 3.40. The molecule has 0 radical (unpaired) electrons. The molecule has 0 bridgehead atoms. The molecule has 0 saturated carbocycles. The van der Waals surface area contributed by atoms with E-state index in [1.807, 2.05) is 37.3 Å². The predicted octanol–water partition coefficient (Wildman–Crippen LogP) is 3.23. The SMILES string of the molecule is C=N/C=c1/ccc(F)c/c1=C(/C)c1cc2ccccc2o1.